The number of hydrogen-bond donors (Lipinski definition) is 1. The minimum atomic E-state index is -3.70. The highest BCUT2D eigenvalue weighted by molar-refractivity contribution is 7.89. The van der Waals surface area contributed by atoms with Crippen molar-refractivity contribution in [3.05, 3.63) is 116 Å². The molecule has 2 heterocycles. The molecule has 0 aliphatic carbocycles. The maximum absolute atomic E-state index is 13.1. The van der Waals surface area contributed by atoms with Crippen LogP contribution in [0.1, 0.15) is 55.6 Å². The van der Waals surface area contributed by atoms with Crippen LogP contribution in [0.3, 0.4) is 0 Å². The molecule has 0 spiro atoms. The molecule has 17 nitrogen and oxygen atoms in total. The molecule has 20 heteroatoms. The van der Waals surface area contributed by atoms with E-state index in [1.165, 1.54) is 72.4 Å². The average Bonchev–Trinajstić information content (AvgIpc) is 3.66. The van der Waals surface area contributed by atoms with Gasteiger partial charge in [-0.3, -0.25) is 9.59 Å². The van der Waals surface area contributed by atoms with Crippen molar-refractivity contribution >= 4 is 44.8 Å². The van der Waals surface area contributed by atoms with Crippen molar-refractivity contribution in [1.82, 2.24) is 28.6 Å². The highest BCUT2D eigenvalue weighted by Gasteiger charge is 2.27. The number of sulfonamides is 2. The Balaban J connectivity index is 0.000000322. The van der Waals surface area contributed by atoms with Crippen molar-refractivity contribution in [2.24, 2.45) is 0 Å². The Morgan fingerprint density at radius 2 is 1.04 bits per heavy atom. The molecule has 0 saturated carbocycles. The maximum atomic E-state index is 13.1. The van der Waals surface area contributed by atoms with Gasteiger partial charge in [0.05, 0.1) is 37.2 Å². The third kappa shape index (κ3) is 18.6. The van der Waals surface area contributed by atoms with Crippen LogP contribution in [0.2, 0.25) is 0 Å². The Kier molecular flexibility index (Phi) is 26.5. The second-order valence-electron chi connectivity index (χ2n) is 18.8. The molecule has 1 N–H and O–H groups in total. The Bertz CT molecular complexity index is 2630. The number of nitrogens with zero attached hydrogens (tertiary/aromatic N) is 5. The number of hydrogen-bond acceptors (Lipinski definition) is 14. The van der Waals surface area contributed by atoms with Gasteiger partial charge < -0.3 is 43.7 Å². The predicted molar refractivity (Wildman–Crippen MR) is 293 cm³/mol. The molecule has 4 aromatic rings. The van der Waals surface area contributed by atoms with Crippen LogP contribution in [0, 0.1) is 27.7 Å². The van der Waals surface area contributed by atoms with E-state index in [1.807, 2.05) is 7.05 Å². The molecule has 0 bridgehead atoms. The lowest BCUT2D eigenvalue weighted by molar-refractivity contribution is -0.140. The van der Waals surface area contributed by atoms with Crippen LogP contribution >= 0.6 is 12.4 Å². The molecule has 74 heavy (non-hydrogen) atoms. The van der Waals surface area contributed by atoms with Gasteiger partial charge in [-0.2, -0.15) is 8.61 Å². The monoisotopic (exact) mass is 1090 g/mol. The third-order valence-corrected chi connectivity index (χ3v) is 17.4. The predicted octanol–water partition coefficient (Wildman–Crippen LogP) is 5.58. The summed E-state index contributed by atoms with van der Waals surface area (Å²) in [6.45, 7) is 13.4. The van der Waals surface area contributed by atoms with Gasteiger partial charge in [0.25, 0.3) is 6.47 Å². The minimum Gasteiger partial charge on any atom is -0.497 e. The van der Waals surface area contributed by atoms with Crippen molar-refractivity contribution in [2.45, 2.75) is 76.3 Å². The Morgan fingerprint density at radius 3 is 1.46 bits per heavy atom. The molecule has 4 aromatic carbocycles. The molecule has 0 atom stereocenters. The van der Waals surface area contributed by atoms with E-state index in [4.69, 9.17) is 18.9 Å². The number of benzene rings is 4. The summed E-state index contributed by atoms with van der Waals surface area (Å²) < 4.78 is 79.2. The van der Waals surface area contributed by atoms with E-state index in [0.717, 1.165) is 38.0 Å². The number of nitrogens with one attached hydrogen (secondary N) is 1. The molecule has 6 rings (SSSR count). The van der Waals surface area contributed by atoms with Gasteiger partial charge in [-0.25, -0.2) is 16.8 Å². The van der Waals surface area contributed by atoms with Gasteiger partial charge in [-0.05, 0) is 154 Å². The number of aryl methyl sites for hydroxylation is 4. The quantitative estimate of drug-likeness (QED) is 0.0622. The van der Waals surface area contributed by atoms with E-state index < -0.39 is 20.0 Å². The molecule has 0 unspecified atom stereocenters. The normalized spacial score (nSPS) is 13.9. The summed E-state index contributed by atoms with van der Waals surface area (Å²) in [4.78, 5) is 29.5. The zero-order valence-electron chi connectivity index (χ0n) is 45.6. The number of halogens is 1. The fourth-order valence-corrected chi connectivity index (χ4v) is 11.9. The first-order valence-electron chi connectivity index (χ1n) is 24.6. The molecular formula is C54H81ClN6O11S2. The number of carbonyl (C=O) groups is 2. The summed E-state index contributed by atoms with van der Waals surface area (Å²) in [7, 11) is 6.87. The minimum absolute atomic E-state index is 0. The van der Waals surface area contributed by atoms with E-state index in [2.05, 4.69) is 70.3 Å². The fourth-order valence-electron chi connectivity index (χ4n) is 8.77. The van der Waals surface area contributed by atoms with Gasteiger partial charge in [0.15, 0.2) is 6.79 Å². The second-order valence-corrected chi connectivity index (χ2v) is 22.7. The van der Waals surface area contributed by atoms with E-state index in [0.29, 0.717) is 40.3 Å². The molecule has 1 amide bonds. The van der Waals surface area contributed by atoms with Gasteiger partial charge in [0, 0.05) is 73.5 Å². The van der Waals surface area contributed by atoms with Crippen molar-refractivity contribution in [1.29, 1.82) is 0 Å². The van der Waals surface area contributed by atoms with Gasteiger partial charge in [0.1, 0.15) is 18.1 Å². The fraction of sp³-hybridized carbons (Fsp3) is 0.519. The first-order chi connectivity index (χ1) is 34.7. The Morgan fingerprint density at radius 1 is 0.635 bits per heavy atom. The van der Waals surface area contributed by atoms with Crippen LogP contribution < -0.4 is 14.8 Å². The lowest BCUT2D eigenvalue weighted by atomic mass is 10.00. The van der Waals surface area contributed by atoms with Crippen molar-refractivity contribution in [3.63, 3.8) is 0 Å². The number of rotatable bonds is 21. The van der Waals surface area contributed by atoms with E-state index >= 15 is 0 Å². The smallest absolute Gasteiger partial charge is 0.295 e. The number of amides is 1. The highest BCUT2D eigenvalue weighted by Crippen LogP contribution is 2.29. The topological polar surface area (TPSA) is 177 Å². The van der Waals surface area contributed by atoms with Crippen LogP contribution in [-0.4, -0.2) is 175 Å². The molecule has 0 aromatic heterocycles. The zero-order chi connectivity index (χ0) is 53.9. The molecular weight excluding hydrogens is 1010 g/mol. The van der Waals surface area contributed by atoms with Crippen LogP contribution in [0.5, 0.6) is 11.5 Å². The van der Waals surface area contributed by atoms with Gasteiger partial charge in [-0.15, -0.1) is 12.4 Å². The first-order valence-corrected chi connectivity index (χ1v) is 27.5. The lowest BCUT2D eigenvalue weighted by Gasteiger charge is -2.21. The lowest BCUT2D eigenvalue weighted by Crippen LogP contribution is -2.33. The molecule has 0 radical (unpaired) electrons. The number of methoxy groups -OCH3 is 2. The van der Waals surface area contributed by atoms with E-state index in [-0.39, 0.29) is 74.3 Å². The summed E-state index contributed by atoms with van der Waals surface area (Å²) in [6, 6.07) is 20.2. The van der Waals surface area contributed by atoms with Crippen LogP contribution in [0.25, 0.3) is 0 Å². The van der Waals surface area contributed by atoms with Crippen LogP contribution in [0.15, 0.2) is 70.5 Å². The largest absolute Gasteiger partial charge is 0.497 e. The van der Waals surface area contributed by atoms with Crippen molar-refractivity contribution in [2.75, 3.05) is 122 Å². The highest BCUT2D eigenvalue weighted by atomic mass is 35.5. The number of fused-ring (bicyclic) bond motifs is 2. The number of ether oxygens (including phenoxy) is 5. The van der Waals surface area contributed by atoms with E-state index in [1.54, 1.807) is 82.1 Å². The zero-order valence-corrected chi connectivity index (χ0v) is 48.1. The van der Waals surface area contributed by atoms with Crippen LogP contribution in [-0.2, 0) is 82.6 Å². The first kappa shape index (κ1) is 63.6. The molecule has 0 saturated heterocycles. The summed E-state index contributed by atoms with van der Waals surface area (Å²) in [5, 5.41) is 3.20. The van der Waals surface area contributed by atoms with Crippen LogP contribution in [0.4, 0.5) is 0 Å². The summed E-state index contributed by atoms with van der Waals surface area (Å²) >= 11 is 0. The molecule has 0 fully saturated rings. The van der Waals surface area contributed by atoms with Crippen molar-refractivity contribution in [3.8, 4) is 11.5 Å². The van der Waals surface area contributed by atoms with Crippen molar-refractivity contribution < 1.29 is 50.1 Å². The molecule has 2 aliphatic heterocycles. The summed E-state index contributed by atoms with van der Waals surface area (Å²) in [6.07, 6.45) is 4.47. The second kappa shape index (κ2) is 30.8. The Hall–Kier alpha value is -4.67. The molecule has 412 valence electrons. The Labute approximate surface area is 447 Å². The summed E-state index contributed by atoms with van der Waals surface area (Å²) in [5.74, 6) is 1.10. The van der Waals surface area contributed by atoms with Gasteiger partial charge in [-0.1, -0.05) is 36.4 Å². The van der Waals surface area contributed by atoms with E-state index in [9.17, 15) is 26.4 Å². The standard InChI is InChI=1S/C27H39N3O5S.C14H21NO6S.C13H20N2.ClH/c1-20-15-25(34-6)16-21(2)27(20)36(32,33)30(5)13-14-35-19-26(31)29(4)18-22-7-8-23-9-11-28(3)12-10-24(23)17-22;1-11-7-13(19-4)8-12(2)14(11)22(17,18)15(3)5-6-20-10-21-9-16;1-14-10-11-3-4-12-5-7-15(2)8-6-13(12)9-11;/h7-8,15-17H,9-14,18-19H2,1-6H3;7-9H,5-6,10H2,1-4H3;3-4,9,14H,5-8,10H2,1-2H3;1H. The molecule has 2 aliphatic rings. The number of carbonyl (C=O) groups excluding carboxylic acids is 2. The average molecular weight is 1090 g/mol. The maximum Gasteiger partial charge on any atom is 0.295 e. The summed E-state index contributed by atoms with van der Waals surface area (Å²) in [5.41, 5.74) is 10.8. The van der Waals surface area contributed by atoms with Gasteiger partial charge >= 0.3 is 0 Å². The number of likely N-dealkylation sites (N-methyl/N-ethyl adjacent to an activating group) is 5. The SMILES string of the molecule is CNCc1ccc2c(c1)CCN(C)CC2.COc1cc(C)c(S(=O)(=O)N(C)CCOCC(=O)N(C)Cc2ccc3c(c2)CCN(C)CC3)c(C)c1.COc1cc(C)c(S(=O)(=O)N(C)CCOCOC=O)c(C)c1.Cl. The van der Waals surface area contributed by atoms with Gasteiger partial charge in [0.2, 0.25) is 26.0 Å². The third-order valence-electron chi connectivity index (χ3n) is 13.0.